The lowest BCUT2D eigenvalue weighted by Crippen LogP contribution is -2.46. The Morgan fingerprint density at radius 2 is 0.867 bits per heavy atom. The molecule has 6 nitrogen and oxygen atoms in total. The van der Waals surface area contributed by atoms with E-state index in [4.69, 9.17) is 38.2 Å². The first-order valence-corrected chi connectivity index (χ1v) is 20.3. The summed E-state index contributed by atoms with van der Waals surface area (Å²) >= 11 is 9.60. The van der Waals surface area contributed by atoms with Crippen LogP contribution in [0.15, 0.2) is 0 Å². The third-order valence-corrected chi connectivity index (χ3v) is 19.9. The average molecular weight is 541 g/mol. The van der Waals surface area contributed by atoms with E-state index < -0.39 is 25.7 Å². The van der Waals surface area contributed by atoms with Gasteiger partial charge >= 0.3 is 17.6 Å². The molecule has 0 aliphatic carbocycles. The molecule has 0 spiro atoms. The highest BCUT2D eigenvalue weighted by atomic mass is 33.7. The molecular formula is C18H44O6S4Si2. The van der Waals surface area contributed by atoms with Gasteiger partial charge in [-0.05, 0) is 75.7 Å². The van der Waals surface area contributed by atoms with Crippen molar-refractivity contribution in [1.82, 2.24) is 0 Å². The van der Waals surface area contributed by atoms with Gasteiger partial charge in [0.25, 0.3) is 0 Å². The maximum atomic E-state index is 5.97. The van der Waals surface area contributed by atoms with Crippen LogP contribution in [-0.4, -0.2) is 68.8 Å². The fourth-order valence-electron chi connectivity index (χ4n) is 3.21. The number of thiol groups is 2. The summed E-state index contributed by atoms with van der Waals surface area (Å²) in [6, 6.07) is 1.61. The largest absolute Gasteiger partial charge is 0.500 e. The van der Waals surface area contributed by atoms with E-state index in [1.54, 1.807) is 9.83 Å². The van der Waals surface area contributed by atoms with Crippen LogP contribution in [0, 0.1) is 0 Å². The standard InChI is InChI=1S/C18H44O6S4Si2/c1-7-19-29(20-8-2,21-9-3)17-13-15-28(26,27-25)16-14-18-30(22-10-4,23-11-5)24-12-6/h25-26H,7-18H2,1-6H3. The second kappa shape index (κ2) is 18.0. The molecule has 0 aromatic heterocycles. The van der Waals surface area contributed by atoms with Gasteiger partial charge in [0.1, 0.15) is 0 Å². The van der Waals surface area contributed by atoms with Crippen molar-refractivity contribution in [2.24, 2.45) is 0 Å². The van der Waals surface area contributed by atoms with Crippen molar-refractivity contribution in [1.29, 1.82) is 0 Å². The Morgan fingerprint density at radius 1 is 0.600 bits per heavy atom. The molecule has 0 aromatic rings. The van der Waals surface area contributed by atoms with Gasteiger partial charge in [-0.15, -0.1) is 31.4 Å². The van der Waals surface area contributed by atoms with E-state index in [1.165, 1.54) is 0 Å². The summed E-state index contributed by atoms with van der Waals surface area (Å²) in [7, 11) is -4.86. The van der Waals surface area contributed by atoms with Crippen molar-refractivity contribution >= 4 is 58.8 Å². The van der Waals surface area contributed by atoms with Crippen LogP contribution in [-0.2, 0) is 26.6 Å². The molecule has 0 radical (unpaired) electrons. The highest BCUT2D eigenvalue weighted by Crippen LogP contribution is 2.66. The molecule has 0 amide bonds. The normalized spacial score (nSPS) is 13.7. The van der Waals surface area contributed by atoms with Crippen LogP contribution in [0.25, 0.3) is 0 Å². The van der Waals surface area contributed by atoms with Crippen LogP contribution in [0.3, 0.4) is 0 Å². The van der Waals surface area contributed by atoms with E-state index in [9.17, 15) is 0 Å². The zero-order chi connectivity index (χ0) is 22.9. The molecule has 0 atom stereocenters. The number of hydrogen-bond acceptors (Lipinski definition) is 9. The van der Waals surface area contributed by atoms with Crippen LogP contribution < -0.4 is 0 Å². The minimum absolute atomic E-state index is 0.603. The topological polar surface area (TPSA) is 55.4 Å². The number of hydrogen-bond donors (Lipinski definition) is 2. The van der Waals surface area contributed by atoms with Gasteiger partial charge in [-0.2, -0.15) is 0 Å². The second-order valence-electron chi connectivity index (χ2n) is 6.43. The van der Waals surface area contributed by atoms with Crippen molar-refractivity contribution in [3.63, 3.8) is 0 Å². The first-order chi connectivity index (χ1) is 14.3. The molecule has 30 heavy (non-hydrogen) atoms. The van der Waals surface area contributed by atoms with Crippen LogP contribution >= 0.6 is 41.2 Å². The minimum atomic E-state index is -2.61. The summed E-state index contributed by atoms with van der Waals surface area (Å²) in [5.74, 6) is 1.94. The van der Waals surface area contributed by atoms with Crippen molar-refractivity contribution < 1.29 is 26.6 Å². The zero-order valence-corrected chi connectivity index (χ0v) is 25.1. The van der Waals surface area contributed by atoms with Gasteiger partial charge in [-0.1, -0.05) is 0 Å². The summed E-state index contributed by atoms with van der Waals surface area (Å²) in [5, 5.41) is 0. The van der Waals surface area contributed by atoms with Crippen molar-refractivity contribution in [3.05, 3.63) is 0 Å². The van der Waals surface area contributed by atoms with Crippen molar-refractivity contribution in [3.8, 4) is 0 Å². The summed E-state index contributed by atoms with van der Waals surface area (Å²) in [5.41, 5.74) is 0. The third-order valence-electron chi connectivity index (χ3n) is 4.22. The predicted molar refractivity (Wildman–Crippen MR) is 143 cm³/mol. The molecule has 12 heteroatoms. The Hall–Kier alpha value is 1.59. The molecule has 0 bridgehead atoms. The molecule has 0 saturated carbocycles. The Bertz CT molecular complexity index is 360. The minimum Gasteiger partial charge on any atom is -0.374 e. The fourth-order valence-corrected chi connectivity index (χ4v) is 13.8. The van der Waals surface area contributed by atoms with E-state index in [0.29, 0.717) is 39.6 Å². The summed E-state index contributed by atoms with van der Waals surface area (Å²) in [6.07, 6.45) is 1.90. The molecule has 0 rings (SSSR count). The van der Waals surface area contributed by atoms with Gasteiger partial charge in [0, 0.05) is 51.7 Å². The molecule has 0 saturated heterocycles. The van der Waals surface area contributed by atoms with E-state index in [-0.39, 0.29) is 0 Å². The molecule has 0 fully saturated rings. The molecular weight excluding hydrogens is 497 g/mol. The average Bonchev–Trinajstić information content (AvgIpc) is 2.69. The first-order valence-electron chi connectivity index (χ1n) is 11.0. The van der Waals surface area contributed by atoms with Crippen LogP contribution in [0.2, 0.25) is 12.1 Å². The molecule has 184 valence electrons. The van der Waals surface area contributed by atoms with Crippen molar-refractivity contribution in [2.75, 3.05) is 51.1 Å². The van der Waals surface area contributed by atoms with Gasteiger partial charge in [-0.25, -0.2) is 0 Å². The monoisotopic (exact) mass is 540 g/mol. The fraction of sp³-hybridized carbons (Fsp3) is 1.00. The van der Waals surface area contributed by atoms with Gasteiger partial charge in [-0.3, -0.25) is 0 Å². The smallest absolute Gasteiger partial charge is 0.374 e. The maximum absolute atomic E-state index is 5.97. The van der Waals surface area contributed by atoms with Crippen molar-refractivity contribution in [2.45, 2.75) is 66.5 Å². The third kappa shape index (κ3) is 12.2. The van der Waals surface area contributed by atoms with E-state index in [1.807, 2.05) is 41.5 Å². The molecule has 0 unspecified atom stereocenters. The summed E-state index contributed by atoms with van der Waals surface area (Å²) in [6.45, 7) is 15.5. The molecule has 0 N–H and O–H groups in total. The first kappa shape index (κ1) is 31.6. The second-order valence-corrected chi connectivity index (χ2v) is 20.9. The Labute approximate surface area is 202 Å². The number of rotatable bonds is 21. The van der Waals surface area contributed by atoms with Gasteiger partial charge in [0.15, 0.2) is 0 Å². The Kier molecular flexibility index (Phi) is 18.9. The van der Waals surface area contributed by atoms with Crippen LogP contribution in [0.1, 0.15) is 54.4 Å². The predicted octanol–water partition coefficient (Wildman–Crippen LogP) is 6.01. The molecule has 0 heterocycles. The Morgan fingerprint density at radius 3 is 1.07 bits per heavy atom. The lowest BCUT2D eigenvalue weighted by Gasteiger charge is -2.35. The lowest BCUT2D eigenvalue weighted by molar-refractivity contribution is 0.0705. The van der Waals surface area contributed by atoms with Gasteiger partial charge in [0.05, 0.1) is 0 Å². The van der Waals surface area contributed by atoms with Crippen LogP contribution in [0.5, 0.6) is 0 Å². The van der Waals surface area contributed by atoms with Gasteiger partial charge < -0.3 is 26.6 Å². The summed E-state index contributed by atoms with van der Waals surface area (Å²) in [4.78, 5) is 0. The maximum Gasteiger partial charge on any atom is 0.500 e. The summed E-state index contributed by atoms with van der Waals surface area (Å²) < 4.78 is 35.8. The van der Waals surface area contributed by atoms with Gasteiger partial charge in [0.2, 0.25) is 0 Å². The highest BCUT2D eigenvalue weighted by Gasteiger charge is 2.42. The lowest BCUT2D eigenvalue weighted by atomic mass is 10.6. The SMILES string of the molecule is CCO[Si](CCCS(S)(CCC[Si](OCC)(OCC)OCC)SS)(OCC)OCC. The molecule has 0 aliphatic rings. The quantitative estimate of drug-likeness (QED) is 0.105. The zero-order valence-electron chi connectivity index (χ0n) is 19.6. The highest BCUT2D eigenvalue weighted by molar-refractivity contribution is 9.33. The molecule has 0 aromatic carbocycles. The van der Waals surface area contributed by atoms with E-state index in [2.05, 4.69) is 11.7 Å². The Balaban J connectivity index is 4.87. The van der Waals surface area contributed by atoms with E-state index in [0.717, 1.165) is 36.4 Å². The molecule has 0 aliphatic heterocycles. The van der Waals surface area contributed by atoms with E-state index >= 15 is 0 Å². The van der Waals surface area contributed by atoms with Crippen LogP contribution in [0.4, 0.5) is 0 Å².